The van der Waals surface area contributed by atoms with Crippen LogP contribution in [-0.2, 0) is 19.0 Å². The van der Waals surface area contributed by atoms with Crippen LogP contribution >= 0.6 is 0 Å². The molecule has 2 aliphatic heterocycles. The Bertz CT molecular complexity index is 1080. The quantitative estimate of drug-likeness (QED) is 0.140. The SMILES string of the molecule is C[C@@H]1O[C@H](O[C@H]2C[C@@H](O)[C@]3(CO)[C@H]4[C@H](O)C[C@]5(C)[C@@H](C6=CC(=O)OC6)CC[C@@]5(O)[C@H]4CC[C@]3(O)C2)[C@@H](O)[C@H](O)[C@H]1O. The lowest BCUT2D eigenvalue weighted by molar-refractivity contribution is -0.342. The maximum atomic E-state index is 12.4. The van der Waals surface area contributed by atoms with Crippen molar-refractivity contribution >= 4 is 5.97 Å². The third-order valence-electron chi connectivity index (χ3n) is 12.2. The van der Waals surface area contributed by atoms with E-state index < -0.39 is 95.5 Å². The van der Waals surface area contributed by atoms with Crippen LogP contribution in [0.4, 0.5) is 0 Å². The monoisotopic (exact) mass is 584 g/mol. The van der Waals surface area contributed by atoms with Gasteiger partial charge in [-0.1, -0.05) is 6.92 Å². The molecule has 41 heavy (non-hydrogen) atoms. The van der Waals surface area contributed by atoms with Crippen molar-refractivity contribution in [2.24, 2.45) is 28.6 Å². The number of aliphatic hydroxyl groups excluding tert-OH is 6. The highest BCUT2D eigenvalue weighted by Crippen LogP contribution is 2.70. The second kappa shape index (κ2) is 9.91. The molecule has 5 fully saturated rings. The van der Waals surface area contributed by atoms with Crippen molar-refractivity contribution < 1.29 is 59.9 Å². The Balaban J connectivity index is 1.28. The summed E-state index contributed by atoms with van der Waals surface area (Å²) in [4.78, 5) is 11.8. The summed E-state index contributed by atoms with van der Waals surface area (Å²) in [6.45, 7) is 3.00. The van der Waals surface area contributed by atoms with Crippen LogP contribution in [0.5, 0.6) is 0 Å². The van der Waals surface area contributed by atoms with Gasteiger partial charge in [0.15, 0.2) is 6.29 Å². The average Bonchev–Trinajstić information content (AvgIpc) is 3.45. The van der Waals surface area contributed by atoms with Gasteiger partial charge in [-0.3, -0.25) is 0 Å². The predicted molar refractivity (Wildman–Crippen MR) is 139 cm³/mol. The lowest BCUT2D eigenvalue weighted by Gasteiger charge is -2.68. The summed E-state index contributed by atoms with van der Waals surface area (Å²) in [7, 11) is 0. The number of ether oxygens (including phenoxy) is 3. The molecule has 8 N–H and O–H groups in total. The molecule has 232 valence electrons. The topological polar surface area (TPSA) is 207 Å². The Kier molecular flexibility index (Phi) is 7.22. The van der Waals surface area contributed by atoms with Crippen LogP contribution in [0.25, 0.3) is 0 Å². The molecule has 1 saturated heterocycles. The van der Waals surface area contributed by atoms with E-state index >= 15 is 0 Å². The van der Waals surface area contributed by atoms with Crippen molar-refractivity contribution in [1.82, 2.24) is 0 Å². The number of carbonyl (C=O) groups is 1. The molecule has 0 radical (unpaired) electrons. The minimum absolute atomic E-state index is 0.0369. The standard InChI is InChI=1S/C29H44O12/c1-13-22(34)23(35)24(36)25(40-13)41-15-8-19(32)28(12-30)21-17(3-5-27(28,37)9-15)29(38)6-4-16(14-7-20(33)39-11-14)26(29,2)10-18(21)31/h7,13,15-19,21-25,30-32,34-38H,3-6,8-12H2,1-2H3/t13-,15-,16+,17-,18+,19+,21+,22-,23+,24-,25+,26+,27-,28+,29+/m0/s1. The molecule has 0 aromatic heterocycles. The summed E-state index contributed by atoms with van der Waals surface area (Å²) < 4.78 is 16.7. The molecule has 6 aliphatic rings. The summed E-state index contributed by atoms with van der Waals surface area (Å²) in [5, 5.41) is 89.6. The molecule has 6 rings (SSSR count). The fourth-order valence-corrected chi connectivity index (χ4v) is 10.1. The van der Waals surface area contributed by atoms with Gasteiger partial charge in [-0.25, -0.2) is 4.79 Å². The van der Waals surface area contributed by atoms with Crippen LogP contribution in [0.3, 0.4) is 0 Å². The van der Waals surface area contributed by atoms with Crippen LogP contribution in [0.15, 0.2) is 11.6 Å². The number of hydrogen-bond donors (Lipinski definition) is 8. The van der Waals surface area contributed by atoms with Gasteiger partial charge in [0.1, 0.15) is 24.9 Å². The van der Waals surface area contributed by atoms with Crippen LogP contribution in [0.1, 0.15) is 58.8 Å². The zero-order valence-corrected chi connectivity index (χ0v) is 23.5. The van der Waals surface area contributed by atoms with Crippen molar-refractivity contribution in [3.05, 3.63) is 11.6 Å². The van der Waals surface area contributed by atoms with Gasteiger partial charge in [0.05, 0.1) is 47.6 Å². The maximum absolute atomic E-state index is 12.4. The fraction of sp³-hybridized carbons (Fsp3) is 0.897. The molecule has 2 heterocycles. The number of hydrogen-bond acceptors (Lipinski definition) is 12. The summed E-state index contributed by atoms with van der Waals surface area (Å²) in [6.07, 6.45) is -6.68. The molecule has 0 amide bonds. The molecule has 15 atom stereocenters. The number of esters is 1. The van der Waals surface area contributed by atoms with Crippen molar-refractivity contribution in [3.63, 3.8) is 0 Å². The minimum atomic E-state index is -1.67. The first-order valence-electron chi connectivity index (χ1n) is 14.9. The lowest BCUT2D eigenvalue weighted by atomic mass is 9.40. The number of fused-ring (bicyclic) bond motifs is 5. The second-order valence-electron chi connectivity index (χ2n) is 13.8. The van der Waals surface area contributed by atoms with Gasteiger partial charge in [0.2, 0.25) is 0 Å². The molecule has 4 saturated carbocycles. The molecule has 4 aliphatic carbocycles. The molecule has 0 aromatic rings. The second-order valence-corrected chi connectivity index (χ2v) is 13.8. The third-order valence-corrected chi connectivity index (χ3v) is 12.2. The van der Waals surface area contributed by atoms with E-state index in [2.05, 4.69) is 0 Å². The van der Waals surface area contributed by atoms with Gasteiger partial charge in [0, 0.05) is 30.3 Å². The highest BCUT2D eigenvalue weighted by molar-refractivity contribution is 5.85. The lowest BCUT2D eigenvalue weighted by Crippen LogP contribution is -2.76. The zero-order valence-electron chi connectivity index (χ0n) is 23.5. The Hall–Kier alpha value is -1.19. The zero-order chi connectivity index (χ0) is 29.7. The molecule has 0 aromatic carbocycles. The largest absolute Gasteiger partial charge is 0.458 e. The Morgan fingerprint density at radius 2 is 1.76 bits per heavy atom. The number of carbonyl (C=O) groups excluding carboxylic acids is 1. The average molecular weight is 585 g/mol. The summed E-state index contributed by atoms with van der Waals surface area (Å²) in [5.74, 6) is -1.93. The van der Waals surface area contributed by atoms with Gasteiger partial charge in [0.25, 0.3) is 0 Å². The Morgan fingerprint density at radius 3 is 2.41 bits per heavy atom. The molecule has 0 spiro atoms. The fourth-order valence-electron chi connectivity index (χ4n) is 10.1. The van der Waals surface area contributed by atoms with E-state index in [1.54, 1.807) is 0 Å². The van der Waals surface area contributed by atoms with Crippen LogP contribution < -0.4 is 0 Å². The van der Waals surface area contributed by atoms with E-state index in [4.69, 9.17) is 14.2 Å². The molecule has 0 bridgehead atoms. The van der Waals surface area contributed by atoms with Crippen molar-refractivity contribution in [1.29, 1.82) is 0 Å². The Morgan fingerprint density at radius 1 is 1.02 bits per heavy atom. The van der Waals surface area contributed by atoms with E-state index in [9.17, 15) is 45.6 Å². The summed E-state index contributed by atoms with van der Waals surface area (Å²) in [5.41, 5.74) is -4.46. The van der Waals surface area contributed by atoms with Crippen LogP contribution in [-0.4, -0.2) is 120 Å². The molecular weight excluding hydrogens is 540 g/mol. The van der Waals surface area contributed by atoms with E-state index in [0.29, 0.717) is 19.3 Å². The number of cyclic esters (lactones) is 1. The van der Waals surface area contributed by atoms with Gasteiger partial charge in [-0.2, -0.15) is 0 Å². The molecular formula is C29H44O12. The highest BCUT2D eigenvalue weighted by Gasteiger charge is 2.75. The highest BCUT2D eigenvalue weighted by atomic mass is 16.7. The van der Waals surface area contributed by atoms with Gasteiger partial charge < -0.3 is 55.1 Å². The molecule has 12 heteroatoms. The molecule has 12 nitrogen and oxygen atoms in total. The van der Waals surface area contributed by atoms with Gasteiger partial charge in [-0.15, -0.1) is 0 Å². The first-order valence-corrected chi connectivity index (χ1v) is 14.9. The first-order chi connectivity index (χ1) is 19.2. The molecule has 0 unspecified atom stereocenters. The summed E-state index contributed by atoms with van der Waals surface area (Å²) in [6, 6.07) is 0. The van der Waals surface area contributed by atoms with Crippen molar-refractivity contribution in [2.75, 3.05) is 13.2 Å². The van der Waals surface area contributed by atoms with E-state index in [1.807, 2.05) is 6.92 Å². The normalized spacial score (nSPS) is 56.9. The van der Waals surface area contributed by atoms with Crippen molar-refractivity contribution in [3.8, 4) is 0 Å². The maximum Gasteiger partial charge on any atom is 0.331 e. The van der Waals surface area contributed by atoms with Gasteiger partial charge >= 0.3 is 5.97 Å². The van der Waals surface area contributed by atoms with Crippen LogP contribution in [0.2, 0.25) is 0 Å². The predicted octanol–water partition coefficient (Wildman–Crippen LogP) is -1.51. The van der Waals surface area contributed by atoms with Gasteiger partial charge in [-0.05, 0) is 56.4 Å². The van der Waals surface area contributed by atoms with E-state index in [0.717, 1.165) is 5.57 Å². The van der Waals surface area contributed by atoms with E-state index in [1.165, 1.54) is 13.0 Å². The smallest absolute Gasteiger partial charge is 0.331 e. The number of aliphatic hydroxyl groups is 8. The van der Waals surface area contributed by atoms with Crippen LogP contribution in [0, 0.1) is 28.6 Å². The van der Waals surface area contributed by atoms with Crippen molar-refractivity contribution in [2.45, 2.75) is 119 Å². The Labute approximate surface area is 238 Å². The minimum Gasteiger partial charge on any atom is -0.458 e. The summed E-state index contributed by atoms with van der Waals surface area (Å²) >= 11 is 0. The third kappa shape index (κ3) is 3.99. The number of rotatable bonds is 4. The first kappa shape index (κ1) is 29.9. The van der Waals surface area contributed by atoms with E-state index in [-0.39, 0.29) is 38.2 Å².